The lowest BCUT2D eigenvalue weighted by molar-refractivity contribution is -0.125. The van der Waals surface area contributed by atoms with E-state index >= 15 is 0 Å². The highest BCUT2D eigenvalue weighted by atomic mass is 32.2. The molecule has 3 aromatic carbocycles. The van der Waals surface area contributed by atoms with Gasteiger partial charge in [0.1, 0.15) is 28.7 Å². The van der Waals surface area contributed by atoms with Crippen molar-refractivity contribution >= 4 is 45.4 Å². The number of carbonyl (C=O) groups is 2. The SMILES string of the molecule is CCCCC1(CCCC)CN(c2ccccc2)c2cc(SC)c(OCC(=O)N[C@@H](C=O)c3ccc(O)cc3)cc2S(=O)(=O)N1. The Morgan fingerprint density at radius 1 is 1.09 bits per heavy atom. The van der Waals surface area contributed by atoms with E-state index in [-0.39, 0.29) is 16.4 Å². The van der Waals surface area contributed by atoms with Crippen LogP contribution in [0.3, 0.4) is 0 Å². The van der Waals surface area contributed by atoms with Crippen molar-refractivity contribution in [3.8, 4) is 11.5 Å². The number of sulfonamides is 1. The number of fused-ring (bicyclic) bond motifs is 1. The Bertz CT molecular complexity index is 1520. The fraction of sp³-hybridized carbons (Fsp3) is 0.394. The molecule has 0 unspecified atom stereocenters. The molecule has 0 saturated carbocycles. The summed E-state index contributed by atoms with van der Waals surface area (Å²) < 4.78 is 37.3. The lowest BCUT2D eigenvalue weighted by atomic mass is 9.87. The predicted octanol–water partition coefficient (Wildman–Crippen LogP) is 6.10. The van der Waals surface area contributed by atoms with Gasteiger partial charge in [0.05, 0.1) is 16.1 Å². The van der Waals surface area contributed by atoms with E-state index in [0.717, 1.165) is 31.4 Å². The molecule has 4 rings (SSSR count). The van der Waals surface area contributed by atoms with E-state index in [9.17, 15) is 23.1 Å². The summed E-state index contributed by atoms with van der Waals surface area (Å²) in [5.41, 5.74) is 1.28. The number of benzene rings is 3. The molecule has 3 N–H and O–H groups in total. The number of ether oxygens (including phenoxy) is 1. The third-order valence-electron chi connectivity index (χ3n) is 7.79. The Morgan fingerprint density at radius 3 is 2.34 bits per heavy atom. The van der Waals surface area contributed by atoms with E-state index in [0.29, 0.717) is 41.8 Å². The standard InChI is InChI=1S/C33H41N3O6S2/c1-4-6-17-33(18-7-5-2)23-36(25-11-9-8-10-12-25)28-19-30(43-3)29(20-31(28)44(40,41)35-33)42-22-32(39)34-27(21-37)24-13-15-26(38)16-14-24/h8-16,19-21,27,35,38H,4-7,17-18,22-23H2,1-3H3,(H,34,39)/t27-/m0/s1. The van der Waals surface area contributed by atoms with E-state index in [4.69, 9.17) is 4.74 Å². The number of carbonyl (C=O) groups excluding carboxylic acids is 2. The van der Waals surface area contributed by atoms with Crippen LogP contribution in [0.15, 0.2) is 76.5 Å². The van der Waals surface area contributed by atoms with Gasteiger partial charge in [0.2, 0.25) is 10.0 Å². The quantitative estimate of drug-likeness (QED) is 0.143. The molecule has 0 aliphatic carbocycles. The summed E-state index contributed by atoms with van der Waals surface area (Å²) in [5.74, 6) is -0.252. The Kier molecular flexibility index (Phi) is 11.3. The van der Waals surface area contributed by atoms with Crippen LogP contribution in [-0.4, -0.2) is 50.7 Å². The van der Waals surface area contributed by atoms with Gasteiger partial charge in [-0.3, -0.25) is 4.79 Å². The van der Waals surface area contributed by atoms with Crippen LogP contribution in [-0.2, 0) is 19.6 Å². The number of nitrogens with zero attached hydrogens (tertiary/aromatic N) is 1. The Morgan fingerprint density at radius 2 is 1.75 bits per heavy atom. The molecular formula is C33H41N3O6S2. The van der Waals surface area contributed by atoms with Crippen LogP contribution in [0.4, 0.5) is 11.4 Å². The van der Waals surface area contributed by atoms with Crippen molar-refractivity contribution in [1.82, 2.24) is 10.0 Å². The maximum absolute atomic E-state index is 14.1. The summed E-state index contributed by atoms with van der Waals surface area (Å²) in [4.78, 5) is 27.4. The first kappa shape index (κ1) is 33.4. The second kappa shape index (κ2) is 15.0. The molecule has 1 aliphatic heterocycles. The van der Waals surface area contributed by atoms with E-state index in [1.807, 2.05) is 42.7 Å². The highest BCUT2D eigenvalue weighted by molar-refractivity contribution is 7.98. The highest BCUT2D eigenvalue weighted by Gasteiger charge is 2.42. The first-order valence-electron chi connectivity index (χ1n) is 14.9. The average Bonchev–Trinajstić information content (AvgIpc) is 3.12. The summed E-state index contributed by atoms with van der Waals surface area (Å²) in [5, 5.41) is 12.1. The van der Waals surface area contributed by atoms with Crippen molar-refractivity contribution in [2.45, 2.75) is 73.7 Å². The number of phenolic OH excluding ortho intramolecular Hbond substituents is 1. The molecular weight excluding hydrogens is 599 g/mol. The zero-order valence-electron chi connectivity index (χ0n) is 25.4. The van der Waals surface area contributed by atoms with Crippen LogP contribution in [0.1, 0.15) is 64.0 Å². The minimum atomic E-state index is -3.98. The zero-order valence-corrected chi connectivity index (χ0v) is 27.0. The molecule has 0 aromatic heterocycles. The highest BCUT2D eigenvalue weighted by Crippen LogP contribution is 2.44. The number of hydrogen-bond acceptors (Lipinski definition) is 8. The summed E-state index contributed by atoms with van der Waals surface area (Å²) >= 11 is 1.39. The van der Waals surface area contributed by atoms with Crippen molar-refractivity contribution in [2.24, 2.45) is 0 Å². The average molecular weight is 640 g/mol. The molecule has 0 fully saturated rings. The van der Waals surface area contributed by atoms with Crippen molar-refractivity contribution in [3.05, 3.63) is 72.3 Å². The smallest absolute Gasteiger partial charge is 0.258 e. The molecule has 0 radical (unpaired) electrons. The normalized spacial score (nSPS) is 15.9. The van der Waals surface area contributed by atoms with Gasteiger partial charge in [0.25, 0.3) is 5.91 Å². The number of amides is 1. The number of aldehydes is 1. The number of nitrogens with one attached hydrogen (secondary N) is 2. The number of thioether (sulfide) groups is 1. The number of anilines is 2. The summed E-state index contributed by atoms with van der Waals surface area (Å²) in [6.45, 7) is 4.26. The molecule has 0 spiro atoms. The lowest BCUT2D eigenvalue weighted by Gasteiger charge is -2.37. The van der Waals surface area contributed by atoms with Crippen molar-refractivity contribution in [1.29, 1.82) is 0 Å². The Balaban J connectivity index is 1.70. The van der Waals surface area contributed by atoms with E-state index in [1.165, 1.54) is 30.0 Å². The van der Waals surface area contributed by atoms with Gasteiger partial charge in [-0.05, 0) is 55.0 Å². The second-order valence-corrected chi connectivity index (χ2v) is 13.5. The molecule has 236 valence electrons. The van der Waals surface area contributed by atoms with Gasteiger partial charge < -0.3 is 24.9 Å². The molecule has 0 saturated heterocycles. The van der Waals surface area contributed by atoms with Crippen molar-refractivity contribution in [3.63, 3.8) is 0 Å². The van der Waals surface area contributed by atoms with E-state index in [2.05, 4.69) is 28.8 Å². The molecule has 3 aromatic rings. The molecule has 1 amide bonds. The molecule has 1 heterocycles. The fourth-order valence-corrected chi connectivity index (χ4v) is 7.68. The molecule has 1 atom stereocenters. The topological polar surface area (TPSA) is 125 Å². The number of phenols is 1. The van der Waals surface area contributed by atoms with Crippen LogP contribution < -0.4 is 19.7 Å². The third-order valence-corrected chi connectivity index (χ3v) is 10.2. The third kappa shape index (κ3) is 7.94. The number of aromatic hydroxyl groups is 1. The summed E-state index contributed by atoms with van der Waals surface area (Å²) in [6, 6.07) is 18.1. The van der Waals surface area contributed by atoms with Gasteiger partial charge in [-0.15, -0.1) is 11.8 Å². The lowest BCUT2D eigenvalue weighted by Crippen LogP contribution is -2.53. The summed E-state index contributed by atoms with van der Waals surface area (Å²) in [6.07, 6.45) is 7.54. The van der Waals surface area contributed by atoms with Gasteiger partial charge in [-0.1, -0.05) is 69.9 Å². The van der Waals surface area contributed by atoms with Crippen molar-refractivity contribution < 1.29 is 27.9 Å². The number of para-hydroxylation sites is 1. The van der Waals surface area contributed by atoms with Crippen LogP contribution in [0.5, 0.6) is 11.5 Å². The predicted molar refractivity (Wildman–Crippen MR) is 174 cm³/mol. The number of rotatable bonds is 14. The van der Waals surface area contributed by atoms with Gasteiger partial charge in [0.15, 0.2) is 6.61 Å². The van der Waals surface area contributed by atoms with Crippen LogP contribution >= 0.6 is 11.8 Å². The molecule has 0 bridgehead atoms. The van der Waals surface area contributed by atoms with Gasteiger partial charge >= 0.3 is 0 Å². The Hall–Kier alpha value is -3.54. The maximum atomic E-state index is 14.1. The largest absolute Gasteiger partial charge is 0.508 e. The number of hydrogen-bond donors (Lipinski definition) is 3. The molecule has 9 nitrogen and oxygen atoms in total. The van der Waals surface area contributed by atoms with Crippen molar-refractivity contribution in [2.75, 3.05) is 24.3 Å². The van der Waals surface area contributed by atoms with Gasteiger partial charge in [0, 0.05) is 18.3 Å². The minimum Gasteiger partial charge on any atom is -0.508 e. The van der Waals surface area contributed by atoms with E-state index in [1.54, 1.807) is 12.1 Å². The molecule has 1 aliphatic rings. The number of unbranched alkanes of at least 4 members (excludes halogenated alkanes) is 2. The molecule has 44 heavy (non-hydrogen) atoms. The second-order valence-electron chi connectivity index (χ2n) is 11.0. The van der Waals surface area contributed by atoms with Crippen LogP contribution in [0.2, 0.25) is 0 Å². The summed E-state index contributed by atoms with van der Waals surface area (Å²) in [7, 11) is -3.98. The minimum absolute atomic E-state index is 0.0455. The maximum Gasteiger partial charge on any atom is 0.258 e. The van der Waals surface area contributed by atoms with Crippen LogP contribution in [0.25, 0.3) is 0 Å². The zero-order chi connectivity index (χ0) is 31.7. The van der Waals surface area contributed by atoms with Crippen LogP contribution in [0, 0.1) is 0 Å². The van der Waals surface area contributed by atoms with E-state index < -0.39 is 34.1 Å². The monoisotopic (exact) mass is 639 g/mol. The Labute approximate surface area is 264 Å². The fourth-order valence-electron chi connectivity index (χ4n) is 5.48. The first-order valence-corrected chi connectivity index (χ1v) is 17.6. The molecule has 11 heteroatoms. The van der Waals surface area contributed by atoms with Gasteiger partial charge in [-0.2, -0.15) is 0 Å². The van der Waals surface area contributed by atoms with Gasteiger partial charge in [-0.25, -0.2) is 13.1 Å². The first-order chi connectivity index (χ1) is 21.1.